The molecule has 0 aliphatic carbocycles. The highest BCUT2D eigenvalue weighted by Crippen LogP contribution is 2.40. The van der Waals surface area contributed by atoms with Crippen molar-refractivity contribution in [2.24, 2.45) is 7.05 Å². The molecule has 2 unspecified atom stereocenters. The number of hydrogen-bond acceptors (Lipinski definition) is 3. The zero-order valence-corrected chi connectivity index (χ0v) is 16.5. The standard InChI is InChI=1S/C17H19Cl2F3N4O2/c1-10(12-4-3-11(18)9-13(12)19)25-15(27)24-6-5-16(28,17(20,21)22)14-23-7-8-26(14)2/h3-4,7-10,28H,5-6H2,1-2H3,(H2,24,25,27). The molecule has 6 nitrogen and oxygen atoms in total. The number of benzene rings is 1. The van der Waals surface area contributed by atoms with Gasteiger partial charge in [0, 0.05) is 42.5 Å². The number of aromatic nitrogens is 2. The summed E-state index contributed by atoms with van der Waals surface area (Å²) in [6.45, 7) is 1.23. The maximum Gasteiger partial charge on any atom is 0.424 e. The van der Waals surface area contributed by atoms with Crippen LogP contribution in [-0.4, -0.2) is 33.4 Å². The molecule has 1 aromatic carbocycles. The number of nitrogens with zero attached hydrogens (tertiary/aromatic N) is 2. The number of carbonyl (C=O) groups excluding carboxylic acids is 1. The first-order valence-corrected chi connectivity index (χ1v) is 8.97. The van der Waals surface area contributed by atoms with Crippen molar-refractivity contribution in [3.63, 3.8) is 0 Å². The first-order chi connectivity index (χ1) is 13.0. The van der Waals surface area contributed by atoms with Gasteiger partial charge in [0.05, 0.1) is 6.04 Å². The number of halogens is 5. The average Bonchev–Trinajstić information content (AvgIpc) is 2.99. The predicted molar refractivity (Wildman–Crippen MR) is 99.2 cm³/mol. The van der Waals surface area contributed by atoms with Crippen LogP contribution in [0, 0.1) is 0 Å². The van der Waals surface area contributed by atoms with Crippen LogP contribution in [0.5, 0.6) is 0 Å². The molecule has 28 heavy (non-hydrogen) atoms. The third kappa shape index (κ3) is 4.89. The molecule has 2 atom stereocenters. The molecule has 0 radical (unpaired) electrons. The van der Waals surface area contributed by atoms with Gasteiger partial charge in [-0.3, -0.25) is 0 Å². The summed E-state index contributed by atoms with van der Waals surface area (Å²) < 4.78 is 41.4. The largest absolute Gasteiger partial charge is 0.424 e. The molecule has 1 heterocycles. The predicted octanol–water partition coefficient (Wildman–Crippen LogP) is 3.93. The maximum absolute atomic E-state index is 13.4. The third-order valence-corrected chi connectivity index (χ3v) is 4.77. The number of urea groups is 1. The van der Waals surface area contributed by atoms with Crippen LogP contribution in [0.25, 0.3) is 0 Å². The lowest BCUT2D eigenvalue weighted by atomic mass is 9.97. The summed E-state index contributed by atoms with van der Waals surface area (Å²) in [7, 11) is 1.34. The molecule has 2 rings (SSSR count). The first kappa shape index (κ1) is 22.3. The quantitative estimate of drug-likeness (QED) is 0.639. The second kappa shape index (κ2) is 8.59. The Morgan fingerprint density at radius 1 is 1.36 bits per heavy atom. The smallest absolute Gasteiger partial charge is 0.374 e. The van der Waals surface area contributed by atoms with E-state index in [1.165, 1.54) is 19.3 Å². The van der Waals surface area contributed by atoms with E-state index in [4.69, 9.17) is 23.2 Å². The molecule has 3 N–H and O–H groups in total. The van der Waals surface area contributed by atoms with Gasteiger partial charge in [0.2, 0.25) is 5.60 Å². The summed E-state index contributed by atoms with van der Waals surface area (Å²) in [5, 5.41) is 15.9. The van der Waals surface area contributed by atoms with Crippen molar-refractivity contribution in [2.75, 3.05) is 6.54 Å². The summed E-state index contributed by atoms with van der Waals surface area (Å²) in [5.74, 6) is -0.552. The summed E-state index contributed by atoms with van der Waals surface area (Å²) >= 11 is 11.9. The van der Waals surface area contributed by atoms with Crippen LogP contribution < -0.4 is 10.6 Å². The van der Waals surface area contributed by atoms with Crippen LogP contribution in [0.1, 0.15) is 30.8 Å². The summed E-state index contributed by atoms with van der Waals surface area (Å²) in [5.41, 5.74) is -2.59. The molecule has 0 saturated heterocycles. The Morgan fingerprint density at radius 3 is 2.57 bits per heavy atom. The average molecular weight is 439 g/mol. The van der Waals surface area contributed by atoms with E-state index in [1.54, 1.807) is 19.1 Å². The van der Waals surface area contributed by atoms with Gasteiger partial charge in [-0.25, -0.2) is 9.78 Å². The zero-order chi connectivity index (χ0) is 21.1. The highest BCUT2D eigenvalue weighted by molar-refractivity contribution is 6.35. The van der Waals surface area contributed by atoms with Gasteiger partial charge >= 0.3 is 12.2 Å². The van der Waals surface area contributed by atoms with Crippen LogP contribution in [-0.2, 0) is 12.6 Å². The van der Waals surface area contributed by atoms with Crippen molar-refractivity contribution in [3.8, 4) is 0 Å². The number of aryl methyl sites for hydroxylation is 1. The van der Waals surface area contributed by atoms with Gasteiger partial charge in [0.15, 0.2) is 0 Å². The number of carbonyl (C=O) groups is 1. The number of imidazole rings is 1. The van der Waals surface area contributed by atoms with E-state index in [2.05, 4.69) is 15.6 Å². The van der Waals surface area contributed by atoms with Crippen molar-refractivity contribution in [1.29, 1.82) is 0 Å². The van der Waals surface area contributed by atoms with Gasteiger partial charge in [0.25, 0.3) is 0 Å². The van der Waals surface area contributed by atoms with Crippen molar-refractivity contribution < 1.29 is 23.1 Å². The highest BCUT2D eigenvalue weighted by atomic mass is 35.5. The van der Waals surface area contributed by atoms with Gasteiger partial charge in [-0.05, 0) is 24.6 Å². The number of hydrogen-bond donors (Lipinski definition) is 3. The first-order valence-electron chi connectivity index (χ1n) is 8.22. The molecule has 2 amide bonds. The van der Waals surface area contributed by atoms with E-state index in [1.807, 2.05) is 0 Å². The van der Waals surface area contributed by atoms with Gasteiger partial charge in [-0.2, -0.15) is 13.2 Å². The molecular weight excluding hydrogens is 420 g/mol. The minimum absolute atomic E-state index is 0.349. The second-order valence-corrected chi connectivity index (χ2v) is 7.10. The number of nitrogens with one attached hydrogen (secondary N) is 2. The minimum atomic E-state index is -4.96. The van der Waals surface area contributed by atoms with Crippen molar-refractivity contribution in [2.45, 2.75) is 31.2 Å². The Kier molecular flexibility index (Phi) is 6.84. The van der Waals surface area contributed by atoms with E-state index < -0.39 is 42.6 Å². The molecule has 0 bridgehead atoms. The zero-order valence-electron chi connectivity index (χ0n) is 15.0. The summed E-state index contributed by atoms with van der Waals surface area (Å²) in [6.07, 6.45) is -3.31. The molecule has 11 heteroatoms. The topological polar surface area (TPSA) is 79.2 Å². The SMILES string of the molecule is CC(NC(=O)NCCC(O)(c1nccn1C)C(F)(F)F)c1ccc(Cl)cc1Cl. The molecule has 0 aliphatic heterocycles. The van der Waals surface area contributed by atoms with Crippen molar-refractivity contribution in [1.82, 2.24) is 20.2 Å². The van der Waals surface area contributed by atoms with Gasteiger partial charge in [0.1, 0.15) is 5.82 Å². The minimum Gasteiger partial charge on any atom is -0.374 e. The number of alkyl halides is 3. The molecule has 2 aromatic rings. The highest BCUT2D eigenvalue weighted by Gasteiger charge is 2.57. The van der Waals surface area contributed by atoms with Crippen LogP contribution >= 0.6 is 23.2 Å². The number of aliphatic hydroxyl groups is 1. The maximum atomic E-state index is 13.4. The third-order valence-electron chi connectivity index (χ3n) is 4.21. The van der Waals surface area contributed by atoms with Gasteiger partial charge in [-0.1, -0.05) is 29.3 Å². The fraction of sp³-hybridized carbons (Fsp3) is 0.412. The molecular formula is C17H19Cl2F3N4O2. The van der Waals surface area contributed by atoms with Crippen LogP contribution in [0.2, 0.25) is 10.0 Å². The van der Waals surface area contributed by atoms with E-state index >= 15 is 0 Å². The Hall–Kier alpha value is -1.97. The van der Waals surface area contributed by atoms with Crippen LogP contribution in [0.4, 0.5) is 18.0 Å². The van der Waals surface area contributed by atoms with Crippen LogP contribution in [0.3, 0.4) is 0 Å². The van der Waals surface area contributed by atoms with Gasteiger partial charge in [-0.15, -0.1) is 0 Å². The summed E-state index contributed by atoms with van der Waals surface area (Å²) in [6, 6.07) is 3.54. The Labute approximate surface area is 169 Å². The number of amides is 2. The van der Waals surface area contributed by atoms with Gasteiger partial charge < -0.3 is 20.3 Å². The molecule has 154 valence electrons. The normalized spacial score (nSPS) is 15.0. The van der Waals surface area contributed by atoms with Crippen molar-refractivity contribution in [3.05, 3.63) is 52.0 Å². The molecule has 0 fully saturated rings. The van der Waals surface area contributed by atoms with Crippen LogP contribution in [0.15, 0.2) is 30.6 Å². The molecule has 0 spiro atoms. The molecule has 0 aliphatic rings. The fourth-order valence-electron chi connectivity index (χ4n) is 2.68. The number of rotatable bonds is 6. The Bertz CT molecular complexity index is 844. The molecule has 1 aromatic heterocycles. The fourth-order valence-corrected chi connectivity index (χ4v) is 3.25. The lowest BCUT2D eigenvalue weighted by Crippen LogP contribution is -2.47. The van der Waals surface area contributed by atoms with E-state index in [0.29, 0.717) is 15.6 Å². The van der Waals surface area contributed by atoms with E-state index in [-0.39, 0.29) is 0 Å². The second-order valence-electron chi connectivity index (χ2n) is 6.26. The Balaban J connectivity index is 1.99. The van der Waals surface area contributed by atoms with Crippen molar-refractivity contribution >= 4 is 29.2 Å². The lowest BCUT2D eigenvalue weighted by molar-refractivity contribution is -0.272. The molecule has 0 saturated carbocycles. The van der Waals surface area contributed by atoms with E-state index in [9.17, 15) is 23.1 Å². The summed E-state index contributed by atoms with van der Waals surface area (Å²) in [4.78, 5) is 15.6. The van der Waals surface area contributed by atoms with E-state index in [0.717, 1.165) is 10.8 Å². The lowest BCUT2D eigenvalue weighted by Gasteiger charge is -2.30. The monoisotopic (exact) mass is 438 g/mol. The Morgan fingerprint density at radius 2 is 2.04 bits per heavy atom.